The van der Waals surface area contributed by atoms with Gasteiger partial charge in [0.1, 0.15) is 5.82 Å². The number of amides is 2. The summed E-state index contributed by atoms with van der Waals surface area (Å²) in [7, 11) is 0. The minimum atomic E-state index is -0.557. The second-order valence-corrected chi connectivity index (χ2v) is 6.15. The van der Waals surface area contributed by atoms with Gasteiger partial charge in [0, 0.05) is 24.2 Å². The summed E-state index contributed by atoms with van der Waals surface area (Å²) in [6.45, 7) is 0.419. The van der Waals surface area contributed by atoms with Crippen LogP contribution in [0.15, 0.2) is 59.0 Å². The molecule has 0 spiro atoms. The molecule has 0 saturated carbocycles. The summed E-state index contributed by atoms with van der Waals surface area (Å²) in [5, 5.41) is 10.2. The molecule has 1 N–H and O–H groups in total. The minimum Gasteiger partial charge on any atom is -0.407 e. The van der Waals surface area contributed by atoms with Gasteiger partial charge in [0.15, 0.2) is 0 Å². The number of hydrogen-bond donors (Lipinski definition) is 1. The standard InChI is InChI=1S/C19H15FN4O3/c20-14-6-4-5-12(9-14)17(26)21-19-23-22-18(27-19)13-10-16(25)24(11-13)15-7-2-1-3-8-15/h1-9,13H,10-11H2,(H,21,23,26)/t13-/m1/s1. The van der Waals surface area contributed by atoms with Crippen LogP contribution in [0, 0.1) is 5.82 Å². The average molecular weight is 366 g/mol. The van der Waals surface area contributed by atoms with E-state index < -0.39 is 11.7 Å². The first-order valence-corrected chi connectivity index (χ1v) is 8.36. The van der Waals surface area contributed by atoms with Crippen LogP contribution >= 0.6 is 0 Å². The van der Waals surface area contributed by atoms with Crippen molar-refractivity contribution in [1.82, 2.24) is 10.2 Å². The van der Waals surface area contributed by atoms with Gasteiger partial charge in [0.25, 0.3) is 5.91 Å². The maximum absolute atomic E-state index is 13.2. The summed E-state index contributed by atoms with van der Waals surface area (Å²) in [6.07, 6.45) is 0.244. The van der Waals surface area contributed by atoms with Gasteiger partial charge in [-0.25, -0.2) is 4.39 Å². The van der Waals surface area contributed by atoms with Crippen LogP contribution < -0.4 is 10.2 Å². The predicted molar refractivity (Wildman–Crippen MR) is 94.8 cm³/mol. The van der Waals surface area contributed by atoms with E-state index in [1.807, 2.05) is 30.3 Å². The second kappa shape index (κ2) is 6.99. The maximum atomic E-state index is 13.2. The third kappa shape index (κ3) is 3.55. The van der Waals surface area contributed by atoms with Gasteiger partial charge in [0.2, 0.25) is 11.8 Å². The minimum absolute atomic E-state index is 0.0326. The molecule has 2 aromatic carbocycles. The Bertz CT molecular complexity index is 989. The van der Waals surface area contributed by atoms with Crippen molar-refractivity contribution in [3.05, 3.63) is 71.9 Å². The highest BCUT2D eigenvalue weighted by molar-refractivity contribution is 6.03. The molecule has 0 aliphatic carbocycles. The Morgan fingerprint density at radius 1 is 1.15 bits per heavy atom. The molecule has 4 rings (SSSR count). The molecule has 3 aromatic rings. The molecule has 0 unspecified atom stereocenters. The zero-order valence-corrected chi connectivity index (χ0v) is 14.1. The summed E-state index contributed by atoms with van der Waals surface area (Å²) in [5.41, 5.74) is 0.949. The lowest BCUT2D eigenvalue weighted by molar-refractivity contribution is -0.117. The molecule has 1 atom stereocenters. The van der Waals surface area contributed by atoms with Gasteiger partial charge in [-0.15, -0.1) is 5.10 Å². The molecular weight excluding hydrogens is 351 g/mol. The molecular formula is C19H15FN4O3. The first kappa shape index (κ1) is 16.9. The summed E-state index contributed by atoms with van der Waals surface area (Å²) in [6, 6.07) is 14.5. The molecule has 1 aliphatic heterocycles. The van der Waals surface area contributed by atoms with Crippen molar-refractivity contribution in [3.63, 3.8) is 0 Å². The van der Waals surface area contributed by atoms with E-state index in [1.54, 1.807) is 4.90 Å². The number of carbonyl (C=O) groups is 2. The fourth-order valence-corrected chi connectivity index (χ4v) is 2.98. The fraction of sp³-hybridized carbons (Fsp3) is 0.158. The number of para-hydroxylation sites is 1. The average Bonchev–Trinajstić information content (AvgIpc) is 3.29. The van der Waals surface area contributed by atoms with Gasteiger partial charge in [0.05, 0.1) is 5.92 Å². The topological polar surface area (TPSA) is 88.3 Å². The highest BCUT2D eigenvalue weighted by Gasteiger charge is 2.35. The summed E-state index contributed by atoms with van der Waals surface area (Å²) in [4.78, 5) is 26.1. The Kier molecular flexibility index (Phi) is 4.37. The van der Waals surface area contributed by atoms with Crippen molar-refractivity contribution >= 4 is 23.5 Å². The number of aromatic nitrogens is 2. The van der Waals surface area contributed by atoms with Gasteiger partial charge in [-0.1, -0.05) is 29.4 Å². The summed E-state index contributed by atoms with van der Waals surface area (Å²) >= 11 is 0. The quantitative estimate of drug-likeness (QED) is 0.767. The van der Waals surface area contributed by atoms with Crippen LogP contribution in [0.2, 0.25) is 0 Å². The van der Waals surface area contributed by atoms with E-state index in [4.69, 9.17) is 4.42 Å². The number of halogens is 1. The molecule has 2 heterocycles. The number of rotatable bonds is 4. The molecule has 7 nitrogen and oxygen atoms in total. The molecule has 0 radical (unpaired) electrons. The lowest BCUT2D eigenvalue weighted by Crippen LogP contribution is -2.24. The summed E-state index contributed by atoms with van der Waals surface area (Å²) < 4.78 is 18.7. The van der Waals surface area contributed by atoms with Gasteiger partial charge < -0.3 is 9.32 Å². The van der Waals surface area contributed by atoms with Gasteiger partial charge in [-0.2, -0.15) is 0 Å². The maximum Gasteiger partial charge on any atom is 0.322 e. The van der Waals surface area contributed by atoms with Crippen LogP contribution in [0.4, 0.5) is 16.1 Å². The van der Waals surface area contributed by atoms with Crippen LogP contribution in [0.3, 0.4) is 0 Å². The van der Waals surface area contributed by atoms with Crippen LogP contribution in [0.5, 0.6) is 0 Å². The third-order valence-corrected chi connectivity index (χ3v) is 4.29. The Balaban J connectivity index is 1.45. The predicted octanol–water partition coefficient (Wildman–Crippen LogP) is 2.98. The zero-order valence-electron chi connectivity index (χ0n) is 14.1. The van der Waals surface area contributed by atoms with Crippen LogP contribution in [0.1, 0.15) is 28.6 Å². The van der Waals surface area contributed by atoms with Crippen molar-refractivity contribution in [2.75, 3.05) is 16.8 Å². The van der Waals surface area contributed by atoms with Crippen LogP contribution in [0.25, 0.3) is 0 Å². The number of nitrogens with one attached hydrogen (secondary N) is 1. The molecule has 1 fully saturated rings. The molecule has 1 saturated heterocycles. The highest BCUT2D eigenvalue weighted by atomic mass is 19.1. The Morgan fingerprint density at radius 2 is 1.96 bits per heavy atom. The van der Waals surface area contributed by atoms with E-state index in [-0.39, 0.29) is 35.7 Å². The van der Waals surface area contributed by atoms with E-state index in [2.05, 4.69) is 15.5 Å². The second-order valence-electron chi connectivity index (χ2n) is 6.15. The molecule has 136 valence electrons. The van der Waals surface area contributed by atoms with Gasteiger partial charge >= 0.3 is 6.01 Å². The molecule has 0 bridgehead atoms. The zero-order chi connectivity index (χ0) is 18.8. The summed E-state index contributed by atoms with van der Waals surface area (Å²) in [5.74, 6) is -1.09. The number of nitrogens with zero attached hydrogens (tertiary/aromatic N) is 3. The monoisotopic (exact) mass is 366 g/mol. The normalized spacial score (nSPS) is 16.6. The first-order valence-electron chi connectivity index (χ1n) is 8.36. The Labute approximate surface area is 153 Å². The number of anilines is 2. The Morgan fingerprint density at radius 3 is 2.74 bits per heavy atom. The van der Waals surface area contributed by atoms with E-state index >= 15 is 0 Å². The van der Waals surface area contributed by atoms with Gasteiger partial charge in [-0.05, 0) is 30.3 Å². The number of benzene rings is 2. The number of hydrogen-bond acceptors (Lipinski definition) is 5. The van der Waals surface area contributed by atoms with E-state index in [0.29, 0.717) is 6.54 Å². The number of carbonyl (C=O) groups excluding carboxylic acids is 2. The lowest BCUT2D eigenvalue weighted by Gasteiger charge is -2.15. The van der Waals surface area contributed by atoms with Crippen molar-refractivity contribution in [2.45, 2.75) is 12.3 Å². The van der Waals surface area contributed by atoms with Crippen molar-refractivity contribution in [2.24, 2.45) is 0 Å². The van der Waals surface area contributed by atoms with E-state index in [1.165, 1.54) is 18.2 Å². The van der Waals surface area contributed by atoms with E-state index in [0.717, 1.165) is 11.8 Å². The first-order chi connectivity index (χ1) is 13.1. The smallest absolute Gasteiger partial charge is 0.322 e. The lowest BCUT2D eigenvalue weighted by atomic mass is 10.1. The van der Waals surface area contributed by atoms with Crippen LogP contribution in [-0.4, -0.2) is 28.6 Å². The van der Waals surface area contributed by atoms with Crippen molar-refractivity contribution in [1.29, 1.82) is 0 Å². The molecule has 8 heteroatoms. The largest absolute Gasteiger partial charge is 0.407 e. The molecule has 1 aromatic heterocycles. The van der Waals surface area contributed by atoms with E-state index in [9.17, 15) is 14.0 Å². The van der Waals surface area contributed by atoms with Crippen molar-refractivity contribution in [3.8, 4) is 0 Å². The van der Waals surface area contributed by atoms with Crippen molar-refractivity contribution < 1.29 is 18.4 Å². The third-order valence-electron chi connectivity index (χ3n) is 4.29. The SMILES string of the molecule is O=C(Nc1nnc([C@@H]2CC(=O)N(c3ccccc3)C2)o1)c1cccc(F)c1. The molecule has 2 amide bonds. The fourth-order valence-electron chi connectivity index (χ4n) is 2.98. The van der Waals surface area contributed by atoms with Gasteiger partial charge in [-0.3, -0.25) is 14.9 Å². The van der Waals surface area contributed by atoms with Crippen LogP contribution in [-0.2, 0) is 4.79 Å². The molecule has 1 aliphatic rings. The molecule has 27 heavy (non-hydrogen) atoms. The Hall–Kier alpha value is -3.55. The highest BCUT2D eigenvalue weighted by Crippen LogP contribution is 2.31.